The minimum atomic E-state index is -0.612. The number of primary amides is 1. The SMILES string of the molecule is CC(C)(C)OC(=O)N(CCCCNCc1ccc(-c2ccccn2)c(Cl)c1)CCNc1nc2cc(C(N)=O)ccc2c2cnccc12. The number of hydrogen-bond donors (Lipinski definition) is 3. The molecule has 10 nitrogen and oxygen atoms in total. The molecule has 0 saturated heterocycles. The standard InChI is InChI=1S/C36H40ClN7O3/c1-36(2,3)47-35(46)44(18-7-6-14-39-22-24-9-11-28(30(37)20-24)31-8-4-5-15-41-31)19-17-42-34-27-13-16-40-23-29(27)26-12-10-25(33(38)45)21-32(26)43-34/h4-5,8-13,15-16,20-21,23,39H,6-7,14,17-19,22H2,1-3H3,(H2,38,45)(H,42,43). The lowest BCUT2D eigenvalue weighted by Crippen LogP contribution is -2.40. The Kier molecular flexibility index (Phi) is 10.8. The molecule has 5 rings (SSSR count). The molecule has 0 atom stereocenters. The Morgan fingerprint density at radius 1 is 0.936 bits per heavy atom. The summed E-state index contributed by atoms with van der Waals surface area (Å²) >= 11 is 6.54. The molecule has 0 spiro atoms. The van der Waals surface area contributed by atoms with Gasteiger partial charge >= 0.3 is 6.09 Å². The predicted octanol–water partition coefficient (Wildman–Crippen LogP) is 6.82. The summed E-state index contributed by atoms with van der Waals surface area (Å²) in [5, 5.41) is 10.2. The summed E-state index contributed by atoms with van der Waals surface area (Å²) < 4.78 is 5.71. The van der Waals surface area contributed by atoms with E-state index in [0.717, 1.165) is 52.4 Å². The van der Waals surface area contributed by atoms with Crippen LogP contribution in [0.2, 0.25) is 5.02 Å². The minimum Gasteiger partial charge on any atom is -0.444 e. The largest absolute Gasteiger partial charge is 0.444 e. The van der Waals surface area contributed by atoms with E-state index < -0.39 is 11.5 Å². The number of carbonyl (C=O) groups excluding carboxylic acids is 2. The van der Waals surface area contributed by atoms with E-state index >= 15 is 0 Å². The quantitative estimate of drug-likeness (QED) is 0.0931. The highest BCUT2D eigenvalue weighted by Gasteiger charge is 2.22. The van der Waals surface area contributed by atoms with Gasteiger partial charge in [0.05, 0.1) is 16.2 Å². The number of unbranched alkanes of at least 4 members (excludes halogenated alkanes) is 1. The number of fused-ring (bicyclic) bond motifs is 3. The van der Waals surface area contributed by atoms with Crippen LogP contribution < -0.4 is 16.4 Å². The number of halogens is 1. The second-order valence-electron chi connectivity index (χ2n) is 12.3. The van der Waals surface area contributed by atoms with Crippen LogP contribution in [0.1, 0.15) is 49.5 Å². The molecule has 4 N–H and O–H groups in total. The number of nitrogens with two attached hydrogens (primary N) is 1. The van der Waals surface area contributed by atoms with Crippen LogP contribution in [-0.4, -0.2) is 63.6 Å². The first-order valence-corrected chi connectivity index (χ1v) is 16.1. The number of anilines is 1. The van der Waals surface area contributed by atoms with Crippen LogP contribution in [-0.2, 0) is 11.3 Å². The Morgan fingerprint density at radius 3 is 2.53 bits per heavy atom. The van der Waals surface area contributed by atoms with Crippen molar-refractivity contribution in [1.29, 1.82) is 0 Å². The van der Waals surface area contributed by atoms with Crippen molar-refractivity contribution in [1.82, 2.24) is 25.2 Å². The number of aromatic nitrogens is 3. The van der Waals surface area contributed by atoms with Gasteiger partial charge in [-0.2, -0.15) is 0 Å². The lowest BCUT2D eigenvalue weighted by molar-refractivity contribution is 0.0254. The molecule has 11 heteroatoms. The summed E-state index contributed by atoms with van der Waals surface area (Å²) in [5.74, 6) is 0.121. The van der Waals surface area contributed by atoms with E-state index in [4.69, 9.17) is 27.1 Å². The number of nitrogens with one attached hydrogen (secondary N) is 2. The molecule has 244 valence electrons. The molecule has 0 saturated carbocycles. The smallest absolute Gasteiger partial charge is 0.410 e. The van der Waals surface area contributed by atoms with Gasteiger partial charge in [0.1, 0.15) is 11.4 Å². The molecule has 0 aliphatic heterocycles. The lowest BCUT2D eigenvalue weighted by atomic mass is 10.1. The Labute approximate surface area is 279 Å². The van der Waals surface area contributed by atoms with Crippen LogP contribution in [0.5, 0.6) is 0 Å². The summed E-state index contributed by atoms with van der Waals surface area (Å²) in [6.45, 7) is 8.45. The number of carbonyl (C=O) groups is 2. The number of pyridine rings is 3. The molecule has 0 bridgehead atoms. The van der Waals surface area contributed by atoms with Crippen LogP contribution in [0.15, 0.2) is 79.3 Å². The highest BCUT2D eigenvalue weighted by molar-refractivity contribution is 6.33. The summed E-state index contributed by atoms with van der Waals surface area (Å²) in [6.07, 6.45) is 6.56. The van der Waals surface area contributed by atoms with Crippen molar-refractivity contribution in [2.75, 3.05) is 31.5 Å². The molecule has 0 radical (unpaired) electrons. The molecule has 2 aromatic carbocycles. The number of benzene rings is 2. The van der Waals surface area contributed by atoms with Gasteiger partial charge in [0.15, 0.2) is 0 Å². The van der Waals surface area contributed by atoms with Crippen molar-refractivity contribution in [3.05, 3.63) is 95.4 Å². The topological polar surface area (TPSA) is 135 Å². The molecule has 0 unspecified atom stereocenters. The molecule has 0 aliphatic carbocycles. The number of hydrogen-bond acceptors (Lipinski definition) is 8. The maximum atomic E-state index is 13.1. The first-order chi connectivity index (χ1) is 22.6. The molecule has 5 aromatic rings. The summed E-state index contributed by atoms with van der Waals surface area (Å²) in [7, 11) is 0. The zero-order valence-corrected chi connectivity index (χ0v) is 27.7. The van der Waals surface area contributed by atoms with Crippen molar-refractivity contribution in [3.63, 3.8) is 0 Å². The second-order valence-corrected chi connectivity index (χ2v) is 12.7. The van der Waals surface area contributed by atoms with Gasteiger partial charge in [-0.3, -0.25) is 14.8 Å². The van der Waals surface area contributed by atoms with Crippen LogP contribution in [0.25, 0.3) is 32.9 Å². The molecule has 0 fully saturated rings. The fourth-order valence-electron chi connectivity index (χ4n) is 5.25. The average molecular weight is 654 g/mol. The van der Waals surface area contributed by atoms with Gasteiger partial charge in [0, 0.05) is 72.1 Å². The van der Waals surface area contributed by atoms with E-state index in [1.807, 2.05) is 63.2 Å². The van der Waals surface area contributed by atoms with Crippen LogP contribution in [0, 0.1) is 0 Å². The maximum absolute atomic E-state index is 13.1. The van der Waals surface area contributed by atoms with Gasteiger partial charge < -0.3 is 26.0 Å². The average Bonchev–Trinajstić information content (AvgIpc) is 3.04. The van der Waals surface area contributed by atoms with Crippen molar-refractivity contribution < 1.29 is 14.3 Å². The lowest BCUT2D eigenvalue weighted by Gasteiger charge is -2.27. The summed E-state index contributed by atoms with van der Waals surface area (Å²) in [6, 6.07) is 18.9. The molecule has 0 aliphatic rings. The van der Waals surface area contributed by atoms with E-state index in [0.29, 0.717) is 48.1 Å². The van der Waals surface area contributed by atoms with Gasteiger partial charge in [0.25, 0.3) is 0 Å². The van der Waals surface area contributed by atoms with E-state index in [2.05, 4.69) is 26.7 Å². The fourth-order valence-corrected chi connectivity index (χ4v) is 5.55. The third-order valence-corrected chi connectivity index (χ3v) is 7.85. The highest BCUT2D eigenvalue weighted by Crippen LogP contribution is 2.29. The Bertz CT molecular complexity index is 1860. The van der Waals surface area contributed by atoms with Crippen molar-refractivity contribution in [2.24, 2.45) is 5.73 Å². The maximum Gasteiger partial charge on any atom is 0.410 e. The number of nitrogens with zero attached hydrogens (tertiary/aromatic N) is 4. The monoisotopic (exact) mass is 653 g/mol. The fraction of sp³-hybridized carbons (Fsp3) is 0.306. The van der Waals surface area contributed by atoms with Crippen LogP contribution in [0.4, 0.5) is 10.6 Å². The van der Waals surface area contributed by atoms with Crippen LogP contribution in [0.3, 0.4) is 0 Å². The third kappa shape index (κ3) is 8.93. The van der Waals surface area contributed by atoms with Gasteiger partial charge in [-0.25, -0.2) is 9.78 Å². The Hall–Kier alpha value is -4.80. The first-order valence-electron chi connectivity index (χ1n) is 15.7. The van der Waals surface area contributed by atoms with Gasteiger partial charge in [-0.05, 0) is 82.1 Å². The zero-order valence-electron chi connectivity index (χ0n) is 26.9. The number of rotatable bonds is 13. The molecule has 3 aromatic heterocycles. The van der Waals surface area contributed by atoms with Gasteiger partial charge in [-0.15, -0.1) is 0 Å². The normalized spacial score (nSPS) is 11.5. The highest BCUT2D eigenvalue weighted by atomic mass is 35.5. The minimum absolute atomic E-state index is 0.360. The zero-order chi connectivity index (χ0) is 33.4. The predicted molar refractivity (Wildman–Crippen MR) is 187 cm³/mol. The van der Waals surface area contributed by atoms with E-state index in [1.165, 1.54) is 0 Å². The summed E-state index contributed by atoms with van der Waals surface area (Å²) in [5.41, 5.74) is 8.76. The molecular formula is C36H40ClN7O3. The molecule has 3 heterocycles. The Balaban J connectivity index is 1.17. The summed E-state index contributed by atoms with van der Waals surface area (Å²) in [4.78, 5) is 40.1. The van der Waals surface area contributed by atoms with E-state index in [1.54, 1.807) is 35.6 Å². The van der Waals surface area contributed by atoms with Crippen molar-refractivity contribution in [2.45, 2.75) is 45.8 Å². The molecular weight excluding hydrogens is 614 g/mol. The molecule has 47 heavy (non-hydrogen) atoms. The van der Waals surface area contributed by atoms with E-state index in [9.17, 15) is 9.59 Å². The van der Waals surface area contributed by atoms with Crippen molar-refractivity contribution in [3.8, 4) is 11.3 Å². The Morgan fingerprint density at radius 2 is 1.79 bits per heavy atom. The second kappa shape index (κ2) is 15.2. The van der Waals surface area contributed by atoms with Gasteiger partial charge in [0.2, 0.25) is 5.91 Å². The van der Waals surface area contributed by atoms with Gasteiger partial charge in [-0.1, -0.05) is 35.9 Å². The van der Waals surface area contributed by atoms with Crippen molar-refractivity contribution >= 4 is 51.1 Å². The van der Waals surface area contributed by atoms with E-state index in [-0.39, 0.29) is 6.09 Å². The van der Waals surface area contributed by atoms with Crippen LogP contribution >= 0.6 is 11.6 Å². The number of amides is 2. The number of ether oxygens (including phenoxy) is 1. The molecule has 2 amide bonds. The third-order valence-electron chi connectivity index (χ3n) is 7.54. The first kappa shape index (κ1) is 33.6.